The molecule has 0 spiro atoms. The molecule has 0 radical (unpaired) electrons. The first kappa shape index (κ1) is 9.65. The number of phenols is 1. The monoisotopic (exact) mass is 154 g/mol. The Bertz CT molecular complexity index is 220. The molecule has 0 amide bonds. The molecule has 0 saturated heterocycles. The van der Waals surface area contributed by atoms with Gasteiger partial charge in [-0.25, -0.2) is 0 Å². The highest BCUT2D eigenvalue weighted by Crippen LogP contribution is 2.11. The van der Waals surface area contributed by atoms with Crippen molar-refractivity contribution in [1.29, 1.82) is 0 Å². The lowest BCUT2D eigenvalue weighted by Crippen LogP contribution is -1.77. The van der Waals surface area contributed by atoms with Crippen molar-refractivity contribution >= 4 is 6.29 Å². The first-order valence-corrected chi connectivity index (χ1v) is 3.02. The van der Waals surface area contributed by atoms with Gasteiger partial charge in [-0.2, -0.15) is 0 Å². The molecule has 0 aromatic heterocycles. The van der Waals surface area contributed by atoms with Crippen LogP contribution in [-0.4, -0.2) is 23.6 Å². The number of carbonyl (C=O) groups is 1. The number of aldehydes is 1. The van der Waals surface area contributed by atoms with Crippen molar-refractivity contribution in [2.75, 3.05) is 7.11 Å². The quantitative estimate of drug-likeness (QED) is 0.588. The lowest BCUT2D eigenvalue weighted by molar-refractivity contribution is 0.112. The molecule has 1 aromatic rings. The number of aliphatic hydroxyl groups excluding tert-OH is 1. The Morgan fingerprint density at radius 2 is 1.82 bits per heavy atom. The highest BCUT2D eigenvalue weighted by atomic mass is 16.3. The fraction of sp³-hybridized carbons (Fsp3) is 0.125. The van der Waals surface area contributed by atoms with E-state index < -0.39 is 0 Å². The summed E-state index contributed by atoms with van der Waals surface area (Å²) < 4.78 is 0. The molecule has 0 aliphatic carbocycles. The number of hydrogen-bond donors (Lipinski definition) is 2. The third-order valence-corrected chi connectivity index (χ3v) is 1.06. The second-order valence-corrected chi connectivity index (χ2v) is 1.68. The van der Waals surface area contributed by atoms with E-state index in [1.54, 1.807) is 18.2 Å². The number of hydrogen-bond acceptors (Lipinski definition) is 3. The maximum atomic E-state index is 10.1. The summed E-state index contributed by atoms with van der Waals surface area (Å²) >= 11 is 0. The summed E-state index contributed by atoms with van der Waals surface area (Å²) in [5.74, 6) is 0.0347. The van der Waals surface area contributed by atoms with Crippen LogP contribution < -0.4 is 0 Å². The van der Waals surface area contributed by atoms with Gasteiger partial charge in [0.1, 0.15) is 5.75 Å². The highest BCUT2D eigenvalue weighted by molar-refractivity contribution is 5.78. The van der Waals surface area contributed by atoms with Crippen molar-refractivity contribution in [1.82, 2.24) is 0 Å². The van der Waals surface area contributed by atoms with Gasteiger partial charge in [-0.1, -0.05) is 12.1 Å². The molecule has 0 saturated carbocycles. The maximum Gasteiger partial charge on any atom is 0.153 e. The lowest BCUT2D eigenvalue weighted by Gasteiger charge is -1.91. The van der Waals surface area contributed by atoms with Crippen LogP contribution in [0.2, 0.25) is 0 Å². The summed E-state index contributed by atoms with van der Waals surface area (Å²) in [7, 11) is 1.00. The minimum absolute atomic E-state index is 0.0347. The topological polar surface area (TPSA) is 57.5 Å². The van der Waals surface area contributed by atoms with Crippen LogP contribution in [0.4, 0.5) is 0 Å². The van der Waals surface area contributed by atoms with Crippen LogP contribution in [0.5, 0.6) is 5.75 Å². The van der Waals surface area contributed by atoms with Gasteiger partial charge in [0.15, 0.2) is 6.29 Å². The largest absolute Gasteiger partial charge is 0.507 e. The average molecular weight is 154 g/mol. The summed E-state index contributed by atoms with van der Waals surface area (Å²) in [5.41, 5.74) is 0.331. The van der Waals surface area contributed by atoms with E-state index in [9.17, 15) is 4.79 Å². The molecule has 0 unspecified atom stereocenters. The van der Waals surface area contributed by atoms with Gasteiger partial charge in [-0.05, 0) is 12.1 Å². The maximum absolute atomic E-state index is 10.1. The predicted octanol–water partition coefficient (Wildman–Crippen LogP) is 0.813. The van der Waals surface area contributed by atoms with Gasteiger partial charge in [-0.3, -0.25) is 4.79 Å². The molecule has 0 fully saturated rings. The van der Waals surface area contributed by atoms with Gasteiger partial charge >= 0.3 is 0 Å². The molecule has 1 aromatic carbocycles. The second-order valence-electron chi connectivity index (χ2n) is 1.68. The number of aromatic hydroxyl groups is 1. The molecule has 1 rings (SSSR count). The van der Waals surface area contributed by atoms with E-state index >= 15 is 0 Å². The Morgan fingerprint density at radius 1 is 1.27 bits per heavy atom. The van der Waals surface area contributed by atoms with Gasteiger partial charge in [0, 0.05) is 7.11 Å². The number of carbonyl (C=O) groups excluding carboxylic acids is 1. The predicted molar refractivity (Wildman–Crippen MR) is 41.6 cm³/mol. The first-order chi connectivity index (χ1) is 5.34. The van der Waals surface area contributed by atoms with E-state index in [0.29, 0.717) is 11.8 Å². The zero-order valence-corrected chi connectivity index (χ0v) is 6.19. The Labute approximate surface area is 64.9 Å². The number of aliphatic hydroxyl groups is 1. The number of para-hydroxylation sites is 1. The molecule has 0 aliphatic heterocycles. The SMILES string of the molecule is CO.O=Cc1ccccc1O. The number of benzene rings is 1. The molecule has 0 bridgehead atoms. The smallest absolute Gasteiger partial charge is 0.153 e. The van der Waals surface area contributed by atoms with Crippen molar-refractivity contribution in [3.63, 3.8) is 0 Å². The molecule has 2 N–H and O–H groups in total. The summed E-state index contributed by atoms with van der Waals surface area (Å²) in [6, 6.07) is 6.40. The van der Waals surface area contributed by atoms with E-state index in [4.69, 9.17) is 10.2 Å². The molecule has 0 heterocycles. The second kappa shape index (κ2) is 5.44. The van der Waals surface area contributed by atoms with Crippen molar-refractivity contribution in [2.45, 2.75) is 0 Å². The Balaban J connectivity index is 0.000000461. The molecule has 3 heteroatoms. The Hall–Kier alpha value is -1.35. The first-order valence-electron chi connectivity index (χ1n) is 3.02. The van der Waals surface area contributed by atoms with Gasteiger partial charge in [0.2, 0.25) is 0 Å². The zero-order valence-electron chi connectivity index (χ0n) is 6.19. The van der Waals surface area contributed by atoms with Gasteiger partial charge in [0.05, 0.1) is 5.56 Å². The van der Waals surface area contributed by atoms with Gasteiger partial charge in [-0.15, -0.1) is 0 Å². The van der Waals surface area contributed by atoms with Crippen LogP contribution in [0.15, 0.2) is 24.3 Å². The summed E-state index contributed by atoms with van der Waals surface area (Å²) in [4.78, 5) is 10.1. The average Bonchev–Trinajstić information content (AvgIpc) is 2.09. The number of phenolic OH excluding ortho intramolecular Hbond substituents is 1. The third kappa shape index (κ3) is 2.82. The minimum atomic E-state index is 0.0347. The normalized spacial score (nSPS) is 7.82. The van der Waals surface area contributed by atoms with Crippen LogP contribution in [0.1, 0.15) is 10.4 Å². The highest BCUT2D eigenvalue weighted by Gasteiger charge is 1.93. The molecule has 60 valence electrons. The molecule has 0 aliphatic rings. The third-order valence-electron chi connectivity index (χ3n) is 1.06. The molecular formula is C8H10O3. The zero-order chi connectivity index (χ0) is 8.69. The van der Waals surface area contributed by atoms with E-state index in [-0.39, 0.29) is 5.75 Å². The molecule has 3 nitrogen and oxygen atoms in total. The molecular weight excluding hydrogens is 144 g/mol. The molecule has 0 atom stereocenters. The van der Waals surface area contributed by atoms with Crippen LogP contribution in [-0.2, 0) is 0 Å². The summed E-state index contributed by atoms with van der Waals surface area (Å²) in [5, 5.41) is 15.9. The van der Waals surface area contributed by atoms with Crippen LogP contribution >= 0.6 is 0 Å². The van der Waals surface area contributed by atoms with E-state index in [1.165, 1.54) is 6.07 Å². The molecule has 11 heavy (non-hydrogen) atoms. The van der Waals surface area contributed by atoms with E-state index in [2.05, 4.69) is 0 Å². The van der Waals surface area contributed by atoms with E-state index in [0.717, 1.165) is 7.11 Å². The van der Waals surface area contributed by atoms with Crippen LogP contribution in [0, 0.1) is 0 Å². The summed E-state index contributed by atoms with van der Waals surface area (Å²) in [6.07, 6.45) is 0.620. The lowest BCUT2D eigenvalue weighted by atomic mass is 10.2. The Kier molecular flexibility index (Phi) is 4.77. The minimum Gasteiger partial charge on any atom is -0.507 e. The van der Waals surface area contributed by atoms with Gasteiger partial charge < -0.3 is 10.2 Å². The fourth-order valence-corrected chi connectivity index (χ4v) is 0.587. The van der Waals surface area contributed by atoms with Crippen LogP contribution in [0.3, 0.4) is 0 Å². The van der Waals surface area contributed by atoms with Gasteiger partial charge in [0.25, 0.3) is 0 Å². The van der Waals surface area contributed by atoms with Crippen molar-refractivity contribution in [2.24, 2.45) is 0 Å². The van der Waals surface area contributed by atoms with E-state index in [1.807, 2.05) is 0 Å². The number of rotatable bonds is 1. The van der Waals surface area contributed by atoms with Crippen molar-refractivity contribution in [3.8, 4) is 5.75 Å². The van der Waals surface area contributed by atoms with Crippen molar-refractivity contribution in [3.05, 3.63) is 29.8 Å². The summed E-state index contributed by atoms with van der Waals surface area (Å²) in [6.45, 7) is 0. The Morgan fingerprint density at radius 3 is 2.18 bits per heavy atom. The fourth-order valence-electron chi connectivity index (χ4n) is 0.587. The van der Waals surface area contributed by atoms with Crippen LogP contribution in [0.25, 0.3) is 0 Å². The van der Waals surface area contributed by atoms with Crippen molar-refractivity contribution < 1.29 is 15.0 Å². The standard InChI is InChI=1S/C7H6O2.CH4O/c8-5-6-3-1-2-4-7(6)9;1-2/h1-5,9H;2H,1H3.